The van der Waals surface area contributed by atoms with Gasteiger partial charge in [0, 0.05) is 5.69 Å². The van der Waals surface area contributed by atoms with E-state index in [9.17, 15) is 0 Å². The first-order valence-corrected chi connectivity index (χ1v) is 7.03. The van der Waals surface area contributed by atoms with E-state index < -0.39 is 0 Å². The van der Waals surface area contributed by atoms with Crippen LogP contribution in [0.15, 0.2) is 62.9 Å². The van der Waals surface area contributed by atoms with Gasteiger partial charge < -0.3 is 9.73 Å². The minimum Gasteiger partial charge on any atom is -0.463 e. The number of benzene rings is 1. The lowest BCUT2D eigenvalue weighted by Crippen LogP contribution is -2.03. The second-order valence-corrected chi connectivity index (χ2v) is 4.71. The van der Waals surface area contributed by atoms with Gasteiger partial charge in [-0.1, -0.05) is 18.2 Å². The van der Waals surface area contributed by atoms with Crippen molar-refractivity contribution in [2.24, 2.45) is 5.10 Å². The zero-order chi connectivity index (χ0) is 16.2. The summed E-state index contributed by atoms with van der Waals surface area (Å²) in [6.45, 7) is 0. The Morgan fingerprint density at radius 2 is 1.71 bits per heavy atom. The van der Waals surface area contributed by atoms with Gasteiger partial charge >= 0.3 is 0 Å². The molecule has 0 fully saturated rings. The summed E-state index contributed by atoms with van der Waals surface area (Å²) in [5.74, 6) is 1.43. The molecule has 3 aromatic heterocycles. The van der Waals surface area contributed by atoms with Crippen LogP contribution in [0.5, 0.6) is 0 Å². The number of para-hydroxylation sites is 1. The summed E-state index contributed by atoms with van der Waals surface area (Å²) >= 11 is 0. The van der Waals surface area contributed by atoms with Crippen molar-refractivity contribution >= 4 is 34.8 Å². The molecule has 1 aromatic carbocycles. The Hall–Kier alpha value is -3.75. The first-order chi connectivity index (χ1) is 11.9. The molecule has 0 aliphatic heterocycles. The number of hydrogen-bond acceptors (Lipinski definition) is 9. The quantitative estimate of drug-likeness (QED) is 0.426. The molecule has 9 nitrogen and oxygen atoms in total. The summed E-state index contributed by atoms with van der Waals surface area (Å²) in [7, 11) is 0. The highest BCUT2D eigenvalue weighted by Gasteiger charge is 2.12. The number of anilines is 3. The number of furan rings is 1. The Morgan fingerprint density at radius 3 is 2.46 bits per heavy atom. The molecule has 0 aliphatic rings. The van der Waals surface area contributed by atoms with Crippen molar-refractivity contribution in [3.05, 3.63) is 54.5 Å². The Bertz CT molecular complexity index is 964. The summed E-state index contributed by atoms with van der Waals surface area (Å²) in [6.07, 6.45) is 3.09. The predicted molar refractivity (Wildman–Crippen MR) is 87.0 cm³/mol. The van der Waals surface area contributed by atoms with Crippen LogP contribution in [0.2, 0.25) is 0 Å². The highest BCUT2D eigenvalue weighted by Crippen LogP contribution is 2.23. The molecule has 4 rings (SSSR count). The highest BCUT2D eigenvalue weighted by molar-refractivity contribution is 5.79. The van der Waals surface area contributed by atoms with Crippen LogP contribution in [-0.4, -0.2) is 26.5 Å². The van der Waals surface area contributed by atoms with Gasteiger partial charge in [-0.2, -0.15) is 10.1 Å². The fourth-order valence-electron chi connectivity index (χ4n) is 1.98. The number of nitrogens with zero attached hydrogens (tertiary/aromatic N) is 5. The van der Waals surface area contributed by atoms with Crippen LogP contribution in [-0.2, 0) is 0 Å². The molecule has 0 saturated heterocycles. The second kappa shape index (κ2) is 6.16. The van der Waals surface area contributed by atoms with Gasteiger partial charge in [-0.3, -0.25) is 5.43 Å². The molecular formula is C15H11N7O2. The van der Waals surface area contributed by atoms with Gasteiger partial charge in [-0.15, -0.1) is 0 Å². The third-order valence-corrected chi connectivity index (χ3v) is 3.06. The monoisotopic (exact) mass is 321 g/mol. The molecule has 0 saturated carbocycles. The van der Waals surface area contributed by atoms with Crippen LogP contribution in [0.1, 0.15) is 5.76 Å². The van der Waals surface area contributed by atoms with E-state index in [-0.39, 0.29) is 5.65 Å². The standard InChI is InChI=1S/C15H11N7O2/c1-2-5-10(6-3-1)17-12-13(19-15-14(18-12)21-24-22-15)20-16-9-11-7-4-8-23-11/h1-9H,(H,17,18,21)(H,19,20,22)/b16-9+. The minimum absolute atomic E-state index is 0.282. The topological polar surface area (TPSA) is 114 Å². The Kier molecular flexibility index (Phi) is 3.57. The molecule has 0 spiro atoms. The zero-order valence-electron chi connectivity index (χ0n) is 12.2. The lowest BCUT2D eigenvalue weighted by Gasteiger charge is -2.08. The van der Waals surface area contributed by atoms with Gasteiger partial charge in [0.25, 0.3) is 0 Å². The van der Waals surface area contributed by atoms with E-state index in [2.05, 4.69) is 40.8 Å². The van der Waals surface area contributed by atoms with Crippen LogP contribution in [0.3, 0.4) is 0 Å². The van der Waals surface area contributed by atoms with Crippen molar-refractivity contribution < 1.29 is 9.05 Å². The zero-order valence-corrected chi connectivity index (χ0v) is 12.2. The van der Waals surface area contributed by atoms with Gasteiger partial charge in [0.2, 0.25) is 11.3 Å². The Balaban J connectivity index is 1.65. The normalized spacial score (nSPS) is 11.2. The van der Waals surface area contributed by atoms with Gasteiger partial charge in [-0.25, -0.2) is 9.61 Å². The first-order valence-electron chi connectivity index (χ1n) is 7.03. The fraction of sp³-hybridized carbons (Fsp3) is 0. The Morgan fingerprint density at radius 1 is 0.917 bits per heavy atom. The number of rotatable bonds is 5. The average Bonchev–Trinajstić information content (AvgIpc) is 3.27. The van der Waals surface area contributed by atoms with Crippen molar-refractivity contribution in [2.45, 2.75) is 0 Å². The maximum atomic E-state index is 5.18. The van der Waals surface area contributed by atoms with E-state index >= 15 is 0 Å². The lowest BCUT2D eigenvalue weighted by atomic mass is 10.3. The summed E-state index contributed by atoms with van der Waals surface area (Å²) in [4.78, 5) is 8.65. The molecular weight excluding hydrogens is 310 g/mol. The highest BCUT2D eigenvalue weighted by atomic mass is 16.6. The lowest BCUT2D eigenvalue weighted by molar-refractivity contribution is 0.314. The smallest absolute Gasteiger partial charge is 0.245 e. The SMILES string of the molecule is C(=N\Nc1nc2nonc2nc1Nc1ccccc1)/c1ccco1. The van der Waals surface area contributed by atoms with Crippen LogP contribution < -0.4 is 10.7 Å². The number of nitrogens with one attached hydrogen (secondary N) is 2. The molecule has 4 aromatic rings. The molecule has 0 atom stereocenters. The molecule has 24 heavy (non-hydrogen) atoms. The molecule has 0 unspecified atom stereocenters. The third-order valence-electron chi connectivity index (χ3n) is 3.06. The molecule has 0 bridgehead atoms. The van der Waals surface area contributed by atoms with Crippen molar-refractivity contribution in [2.75, 3.05) is 10.7 Å². The van der Waals surface area contributed by atoms with E-state index in [1.54, 1.807) is 18.4 Å². The number of hydrogen-bond donors (Lipinski definition) is 2. The Labute approximate surface area is 135 Å². The van der Waals surface area contributed by atoms with E-state index in [4.69, 9.17) is 4.42 Å². The first kappa shape index (κ1) is 13.9. The van der Waals surface area contributed by atoms with Crippen LogP contribution >= 0.6 is 0 Å². The molecule has 0 radical (unpaired) electrons. The molecule has 2 N–H and O–H groups in total. The maximum absolute atomic E-state index is 5.18. The van der Waals surface area contributed by atoms with Crippen molar-refractivity contribution in [3.63, 3.8) is 0 Å². The largest absolute Gasteiger partial charge is 0.463 e. The van der Waals surface area contributed by atoms with E-state index in [1.165, 1.54) is 6.21 Å². The maximum Gasteiger partial charge on any atom is 0.245 e. The molecule has 9 heteroatoms. The average molecular weight is 321 g/mol. The van der Waals surface area contributed by atoms with Gasteiger partial charge in [0.1, 0.15) is 5.76 Å². The van der Waals surface area contributed by atoms with E-state index in [0.29, 0.717) is 23.0 Å². The van der Waals surface area contributed by atoms with Crippen LogP contribution in [0, 0.1) is 0 Å². The molecule has 0 aliphatic carbocycles. The number of fused-ring (bicyclic) bond motifs is 1. The molecule has 3 heterocycles. The molecule has 118 valence electrons. The number of aromatic nitrogens is 4. The van der Waals surface area contributed by atoms with Crippen LogP contribution in [0.25, 0.3) is 11.3 Å². The number of hydrazone groups is 1. The van der Waals surface area contributed by atoms with E-state index in [1.807, 2.05) is 30.3 Å². The minimum atomic E-state index is 0.282. The third kappa shape index (κ3) is 2.90. The molecule has 0 amide bonds. The van der Waals surface area contributed by atoms with Gasteiger partial charge in [-0.05, 0) is 34.6 Å². The summed E-state index contributed by atoms with van der Waals surface area (Å²) in [6, 6.07) is 13.1. The van der Waals surface area contributed by atoms with Crippen LogP contribution in [0.4, 0.5) is 17.3 Å². The predicted octanol–water partition coefficient (Wildman–Crippen LogP) is 2.80. The van der Waals surface area contributed by atoms with Crippen molar-refractivity contribution in [3.8, 4) is 0 Å². The second-order valence-electron chi connectivity index (χ2n) is 4.71. The van der Waals surface area contributed by atoms with Gasteiger partial charge in [0.15, 0.2) is 11.6 Å². The summed E-state index contributed by atoms with van der Waals surface area (Å²) in [5, 5.41) is 14.6. The van der Waals surface area contributed by atoms with Crippen molar-refractivity contribution in [1.82, 2.24) is 20.3 Å². The van der Waals surface area contributed by atoms with E-state index in [0.717, 1.165) is 5.69 Å². The fourth-order valence-corrected chi connectivity index (χ4v) is 1.98. The van der Waals surface area contributed by atoms with Gasteiger partial charge in [0.05, 0.1) is 12.5 Å². The van der Waals surface area contributed by atoms with Crippen molar-refractivity contribution in [1.29, 1.82) is 0 Å². The summed E-state index contributed by atoms with van der Waals surface area (Å²) in [5.41, 5.74) is 4.25. The summed E-state index contributed by atoms with van der Waals surface area (Å²) < 4.78 is 9.83.